The summed E-state index contributed by atoms with van der Waals surface area (Å²) in [6, 6.07) is 7.97. The summed E-state index contributed by atoms with van der Waals surface area (Å²) >= 11 is 0. The van der Waals surface area contributed by atoms with Gasteiger partial charge in [-0.3, -0.25) is 0 Å². The molecule has 3 heterocycles. The zero-order valence-electron chi connectivity index (χ0n) is 19.6. The molecule has 0 aliphatic carbocycles. The van der Waals surface area contributed by atoms with Crippen LogP contribution in [0.3, 0.4) is 0 Å². The van der Waals surface area contributed by atoms with Crippen LogP contribution < -0.4 is 10.5 Å². The monoisotopic (exact) mass is 589 g/mol. The van der Waals surface area contributed by atoms with Gasteiger partial charge in [0.25, 0.3) is 0 Å². The lowest BCUT2D eigenvalue weighted by Crippen LogP contribution is -2.51. The number of halogens is 3. The Labute approximate surface area is 217 Å². The largest absolute Gasteiger partial charge is 0.490 e. The fraction of sp³-hybridized carbons (Fsp3) is 0.263. The number of rotatable bonds is 5. The molecule has 2 aromatic heterocycles. The number of nitrogens with zero attached hydrogens (tertiary/aromatic N) is 6. The van der Waals surface area contributed by atoms with Crippen molar-refractivity contribution in [2.45, 2.75) is 21.2 Å². The molecule has 20 heteroatoms. The fourth-order valence-corrected chi connectivity index (χ4v) is 6.84. The van der Waals surface area contributed by atoms with Crippen molar-refractivity contribution < 1.29 is 39.9 Å². The summed E-state index contributed by atoms with van der Waals surface area (Å²) in [6.07, 6.45) is -5.08. The van der Waals surface area contributed by atoms with Crippen LogP contribution in [0, 0.1) is 0 Å². The van der Waals surface area contributed by atoms with Gasteiger partial charge in [-0.15, -0.1) is 15.3 Å². The molecule has 0 atom stereocenters. The second-order valence-corrected chi connectivity index (χ2v) is 11.8. The summed E-state index contributed by atoms with van der Waals surface area (Å²) in [5.74, 6) is -2.86. The lowest BCUT2D eigenvalue weighted by molar-refractivity contribution is -0.192. The maximum Gasteiger partial charge on any atom is 0.490 e. The zero-order valence-corrected chi connectivity index (χ0v) is 21.2. The Morgan fingerprint density at radius 1 is 1.13 bits per heavy atom. The number of tetrazole rings is 1. The number of nitrogens with one attached hydrogen (secondary N) is 2. The highest BCUT2D eigenvalue weighted by atomic mass is 32.2. The Bertz CT molecular complexity index is 1770. The van der Waals surface area contributed by atoms with Crippen LogP contribution in [0.2, 0.25) is 0 Å². The van der Waals surface area contributed by atoms with E-state index in [2.05, 4.69) is 36.3 Å². The third kappa shape index (κ3) is 5.44. The van der Waals surface area contributed by atoms with Gasteiger partial charge >= 0.3 is 12.1 Å². The molecule has 5 rings (SSSR count). The second kappa shape index (κ2) is 9.94. The third-order valence-electron chi connectivity index (χ3n) is 5.63. The highest BCUT2D eigenvalue weighted by Crippen LogP contribution is 2.40. The molecule has 1 fully saturated rings. The van der Waals surface area contributed by atoms with E-state index in [0.29, 0.717) is 22.2 Å². The molecule has 2 aromatic carbocycles. The van der Waals surface area contributed by atoms with Crippen molar-refractivity contribution >= 4 is 36.9 Å². The number of carboxylic acid groups (broad SMARTS) is 1. The predicted molar refractivity (Wildman–Crippen MR) is 126 cm³/mol. The maximum absolute atomic E-state index is 13.2. The average Bonchev–Trinajstić information content (AvgIpc) is 3.46. The summed E-state index contributed by atoms with van der Waals surface area (Å²) in [6.45, 7) is 0.436. The summed E-state index contributed by atoms with van der Waals surface area (Å²) in [7, 11) is -6.79. The lowest BCUT2D eigenvalue weighted by atomic mass is 9.98. The van der Waals surface area contributed by atoms with Crippen molar-refractivity contribution in [3.8, 4) is 22.5 Å². The van der Waals surface area contributed by atoms with Crippen LogP contribution in [-0.2, 0) is 31.7 Å². The average molecular weight is 590 g/mol. The molecule has 1 saturated heterocycles. The number of sulfonamides is 1. The number of benzene rings is 2. The maximum atomic E-state index is 13.2. The van der Waals surface area contributed by atoms with Gasteiger partial charge in [0.1, 0.15) is 10.4 Å². The molecule has 0 radical (unpaired) electrons. The second-order valence-electron chi connectivity index (χ2n) is 8.14. The molecule has 0 spiro atoms. The van der Waals surface area contributed by atoms with Crippen molar-refractivity contribution in [1.29, 1.82) is 0 Å². The molecule has 5 N–H and O–H groups in total. The van der Waals surface area contributed by atoms with Gasteiger partial charge in [0.2, 0.25) is 15.8 Å². The van der Waals surface area contributed by atoms with Gasteiger partial charge in [0, 0.05) is 20.1 Å². The van der Waals surface area contributed by atoms with Gasteiger partial charge in [0.05, 0.1) is 21.2 Å². The molecule has 4 aromatic rings. The van der Waals surface area contributed by atoms with Crippen molar-refractivity contribution in [2.24, 2.45) is 12.2 Å². The molecule has 39 heavy (non-hydrogen) atoms. The Balaban J connectivity index is 0.000000448. The molecular weight excluding hydrogens is 571 g/mol. The Hall–Kier alpha value is -4.01. The number of primary sulfonamides is 1. The number of aliphatic carboxylic acids is 1. The molecule has 1 aliphatic rings. The minimum Gasteiger partial charge on any atom is -0.475 e. The number of aromatic amines is 1. The smallest absolute Gasteiger partial charge is 0.475 e. The van der Waals surface area contributed by atoms with Gasteiger partial charge < -0.3 is 10.4 Å². The van der Waals surface area contributed by atoms with Crippen LogP contribution in [0.4, 0.5) is 13.2 Å². The highest BCUT2D eigenvalue weighted by Gasteiger charge is 2.39. The molecule has 1 aliphatic heterocycles. The summed E-state index contributed by atoms with van der Waals surface area (Å²) < 4.78 is 85.2. The van der Waals surface area contributed by atoms with Crippen molar-refractivity contribution in [1.82, 2.24) is 40.9 Å². The number of aromatic nitrogens is 7. The first-order valence-electron chi connectivity index (χ1n) is 10.6. The van der Waals surface area contributed by atoms with Crippen LogP contribution in [0.5, 0.6) is 0 Å². The zero-order chi connectivity index (χ0) is 28.8. The Morgan fingerprint density at radius 2 is 1.79 bits per heavy atom. The van der Waals surface area contributed by atoms with E-state index >= 15 is 0 Å². The first-order chi connectivity index (χ1) is 18.1. The molecular formula is C19H18F3N9O6S2. The van der Waals surface area contributed by atoms with Crippen LogP contribution >= 0.6 is 0 Å². The number of carboxylic acids is 1. The first-order valence-corrected chi connectivity index (χ1v) is 13.7. The van der Waals surface area contributed by atoms with Gasteiger partial charge in [-0.25, -0.2) is 31.5 Å². The minimum absolute atomic E-state index is 0.0518. The number of sulfone groups is 1. The van der Waals surface area contributed by atoms with E-state index in [1.807, 2.05) is 0 Å². The normalized spacial score (nSPS) is 14.5. The number of alkyl halides is 3. The SMILES string of the molecule is Cn1nnc2ccc(-c3ccc(S(=O)(=O)C4CNC4)c(S(N)(=O)=O)c3-c3nn[nH]n3)cc21.O=C(O)C(F)(F)F. The van der Waals surface area contributed by atoms with Crippen molar-refractivity contribution in [3.63, 3.8) is 0 Å². The topological polar surface area (TPSA) is 229 Å². The van der Waals surface area contributed by atoms with E-state index in [-0.39, 0.29) is 24.5 Å². The summed E-state index contributed by atoms with van der Waals surface area (Å²) in [4.78, 5) is 7.94. The minimum atomic E-state index is -5.08. The summed E-state index contributed by atoms with van der Waals surface area (Å²) in [5, 5.41) is 36.4. The first kappa shape index (κ1) is 28.0. The number of fused-ring (bicyclic) bond motifs is 1. The number of carbonyl (C=O) groups is 1. The standard InChI is InChI=1S/C17H17N9O4S2.C2HF3O2/c1-26-13-6-9(2-4-12(13)20-25-26)11-3-5-14(31(27,28)10-7-19-8-10)16(32(18,29)30)15(11)17-21-23-24-22-17;3-2(4,5)1(6)7/h2-6,10,19H,7-8H2,1H3,(H2,18,29,30)(H,21,22,23,24);(H,6,7). The molecule has 208 valence electrons. The Kier molecular flexibility index (Phi) is 7.14. The van der Waals surface area contributed by atoms with E-state index in [0.717, 1.165) is 0 Å². The molecule has 0 bridgehead atoms. The van der Waals surface area contributed by atoms with E-state index in [1.165, 1.54) is 12.1 Å². The van der Waals surface area contributed by atoms with Gasteiger partial charge in [-0.1, -0.05) is 17.3 Å². The lowest BCUT2D eigenvalue weighted by Gasteiger charge is -2.28. The highest BCUT2D eigenvalue weighted by molar-refractivity contribution is 7.94. The van der Waals surface area contributed by atoms with Crippen LogP contribution in [0.1, 0.15) is 0 Å². The van der Waals surface area contributed by atoms with Gasteiger partial charge in [-0.2, -0.15) is 18.4 Å². The number of hydrogen-bond donors (Lipinski definition) is 4. The number of aryl methyl sites for hydroxylation is 1. The fourth-order valence-electron chi connectivity index (χ4n) is 3.66. The molecule has 0 unspecified atom stereocenters. The van der Waals surface area contributed by atoms with Gasteiger partial charge in [0.15, 0.2) is 9.84 Å². The Morgan fingerprint density at radius 3 is 2.31 bits per heavy atom. The van der Waals surface area contributed by atoms with Crippen molar-refractivity contribution in [3.05, 3.63) is 30.3 Å². The quantitative estimate of drug-likeness (QED) is 0.238. The number of H-pyrrole nitrogens is 1. The van der Waals surface area contributed by atoms with E-state index in [1.54, 1.807) is 29.9 Å². The van der Waals surface area contributed by atoms with Crippen LogP contribution in [-0.4, -0.2) is 88.0 Å². The van der Waals surface area contributed by atoms with E-state index in [9.17, 15) is 30.0 Å². The van der Waals surface area contributed by atoms with E-state index in [4.69, 9.17) is 15.0 Å². The van der Waals surface area contributed by atoms with Crippen LogP contribution in [0.15, 0.2) is 40.1 Å². The molecule has 0 amide bonds. The number of nitrogens with two attached hydrogens (primary N) is 1. The third-order valence-corrected chi connectivity index (χ3v) is 8.92. The molecule has 0 saturated carbocycles. The van der Waals surface area contributed by atoms with E-state index < -0.39 is 47.0 Å². The summed E-state index contributed by atoms with van der Waals surface area (Å²) in [5.41, 5.74) is 2.21. The van der Waals surface area contributed by atoms with Gasteiger partial charge in [-0.05, 0) is 34.5 Å². The van der Waals surface area contributed by atoms with Crippen LogP contribution in [0.25, 0.3) is 33.5 Å². The number of hydrogen-bond acceptors (Lipinski definition) is 11. The molecule has 15 nitrogen and oxygen atoms in total. The van der Waals surface area contributed by atoms with Crippen molar-refractivity contribution in [2.75, 3.05) is 13.1 Å². The predicted octanol–water partition coefficient (Wildman–Crippen LogP) is -0.158.